The van der Waals surface area contributed by atoms with Crippen LogP contribution in [0.15, 0.2) is 0 Å². The van der Waals surface area contributed by atoms with Gasteiger partial charge in [0.05, 0.1) is 6.54 Å². The lowest BCUT2D eigenvalue weighted by Crippen LogP contribution is -2.28. The Labute approximate surface area is 101 Å². The highest BCUT2D eigenvalue weighted by atomic mass is 32.1. The van der Waals surface area contributed by atoms with Gasteiger partial charge in [0.25, 0.3) is 12.3 Å². The number of alkyl halides is 2. The van der Waals surface area contributed by atoms with E-state index in [9.17, 15) is 13.6 Å². The Kier molecular flexibility index (Phi) is 5.08. The summed E-state index contributed by atoms with van der Waals surface area (Å²) in [6.07, 6.45) is -1.67. The topological polar surface area (TPSA) is 80.0 Å². The number of nitrogen functional groups attached to an aromatic ring is 1. The van der Waals surface area contributed by atoms with Gasteiger partial charge in [-0.05, 0) is 6.42 Å². The van der Waals surface area contributed by atoms with Gasteiger partial charge in [-0.15, -0.1) is 0 Å². The van der Waals surface area contributed by atoms with Crippen molar-refractivity contribution in [2.75, 3.05) is 24.1 Å². The van der Waals surface area contributed by atoms with E-state index < -0.39 is 18.9 Å². The first-order valence-electron chi connectivity index (χ1n) is 5.11. The van der Waals surface area contributed by atoms with E-state index in [0.717, 1.165) is 17.8 Å². The van der Waals surface area contributed by atoms with Gasteiger partial charge in [-0.25, -0.2) is 13.8 Å². The van der Waals surface area contributed by atoms with Crippen LogP contribution in [-0.2, 0) is 0 Å². The molecule has 0 spiro atoms. The molecular formula is C9H14F2N4OS. The van der Waals surface area contributed by atoms with Gasteiger partial charge in [-0.1, -0.05) is 18.3 Å². The van der Waals surface area contributed by atoms with Crippen LogP contribution in [0.2, 0.25) is 0 Å². The summed E-state index contributed by atoms with van der Waals surface area (Å²) in [6.45, 7) is 2.01. The Morgan fingerprint density at radius 3 is 2.88 bits per heavy atom. The van der Waals surface area contributed by atoms with Crippen molar-refractivity contribution in [3.8, 4) is 0 Å². The molecule has 1 amide bonds. The Morgan fingerprint density at radius 1 is 1.59 bits per heavy atom. The van der Waals surface area contributed by atoms with Crippen LogP contribution in [0, 0.1) is 0 Å². The van der Waals surface area contributed by atoms with E-state index >= 15 is 0 Å². The third kappa shape index (κ3) is 4.14. The summed E-state index contributed by atoms with van der Waals surface area (Å²) < 4.78 is 23.8. The van der Waals surface area contributed by atoms with Crippen LogP contribution < -0.4 is 16.4 Å². The molecule has 0 bridgehead atoms. The summed E-state index contributed by atoms with van der Waals surface area (Å²) >= 11 is 1.06. The summed E-state index contributed by atoms with van der Waals surface area (Å²) in [5.74, 6) is -0.565. The number of hydrogen-bond donors (Lipinski definition) is 3. The molecule has 17 heavy (non-hydrogen) atoms. The highest BCUT2D eigenvalue weighted by Gasteiger charge is 2.16. The summed E-state index contributed by atoms with van der Waals surface area (Å²) in [5, 5.41) is 5.58. The predicted molar refractivity (Wildman–Crippen MR) is 63.6 cm³/mol. The number of carbonyl (C=O) groups is 1. The Bertz CT molecular complexity index is 383. The van der Waals surface area contributed by atoms with Crippen molar-refractivity contribution in [2.45, 2.75) is 19.8 Å². The number of carbonyl (C=O) groups excluding carboxylic acids is 1. The van der Waals surface area contributed by atoms with Crippen molar-refractivity contribution in [1.82, 2.24) is 10.3 Å². The zero-order valence-electron chi connectivity index (χ0n) is 9.30. The molecule has 0 aliphatic rings. The van der Waals surface area contributed by atoms with Crippen LogP contribution in [0.25, 0.3) is 0 Å². The molecule has 1 aromatic rings. The molecule has 0 saturated carbocycles. The van der Waals surface area contributed by atoms with Gasteiger partial charge in [-0.2, -0.15) is 0 Å². The first-order chi connectivity index (χ1) is 8.04. The van der Waals surface area contributed by atoms with Crippen LogP contribution >= 0.6 is 11.3 Å². The second-order valence-electron chi connectivity index (χ2n) is 3.26. The lowest BCUT2D eigenvalue weighted by molar-refractivity contribution is 0.0896. The van der Waals surface area contributed by atoms with E-state index in [0.29, 0.717) is 11.7 Å². The minimum atomic E-state index is -2.58. The number of thiazole rings is 1. The van der Waals surface area contributed by atoms with Crippen molar-refractivity contribution in [3.63, 3.8) is 0 Å². The monoisotopic (exact) mass is 264 g/mol. The van der Waals surface area contributed by atoms with Gasteiger partial charge in [0.1, 0.15) is 10.7 Å². The smallest absolute Gasteiger partial charge is 0.265 e. The normalized spacial score (nSPS) is 10.6. The minimum Gasteiger partial charge on any atom is -0.382 e. The third-order valence-electron chi connectivity index (χ3n) is 1.80. The molecule has 0 radical (unpaired) electrons. The van der Waals surface area contributed by atoms with Gasteiger partial charge in [0.15, 0.2) is 5.13 Å². The van der Waals surface area contributed by atoms with Crippen LogP contribution in [-0.4, -0.2) is 30.4 Å². The third-order valence-corrected chi connectivity index (χ3v) is 2.83. The SMILES string of the molecule is CCCNc1nc(N)c(C(=O)NCC(F)F)s1. The zero-order valence-corrected chi connectivity index (χ0v) is 10.1. The van der Waals surface area contributed by atoms with Gasteiger partial charge in [0, 0.05) is 6.54 Å². The summed E-state index contributed by atoms with van der Waals surface area (Å²) in [5.41, 5.74) is 5.53. The first-order valence-corrected chi connectivity index (χ1v) is 5.92. The molecule has 0 aliphatic heterocycles. The molecule has 1 heterocycles. The van der Waals surface area contributed by atoms with Gasteiger partial charge < -0.3 is 16.4 Å². The maximum Gasteiger partial charge on any atom is 0.265 e. The van der Waals surface area contributed by atoms with Crippen molar-refractivity contribution < 1.29 is 13.6 Å². The van der Waals surface area contributed by atoms with Crippen LogP contribution in [0.5, 0.6) is 0 Å². The molecule has 0 aromatic carbocycles. The number of halogens is 2. The summed E-state index contributed by atoms with van der Waals surface area (Å²) in [4.78, 5) is 15.6. The number of anilines is 2. The van der Waals surface area contributed by atoms with E-state index in [1.165, 1.54) is 0 Å². The number of aromatic nitrogens is 1. The van der Waals surface area contributed by atoms with Crippen molar-refractivity contribution >= 4 is 28.2 Å². The molecule has 5 nitrogen and oxygen atoms in total. The Hall–Kier alpha value is -1.44. The maximum absolute atomic E-state index is 11.9. The van der Waals surface area contributed by atoms with Crippen molar-refractivity contribution in [1.29, 1.82) is 0 Å². The quantitative estimate of drug-likeness (QED) is 0.728. The standard InChI is InChI=1S/C9H14F2N4OS/c1-2-3-13-9-15-7(12)6(17-9)8(16)14-4-5(10)11/h5H,2-4,12H2,1H3,(H,13,15)(H,14,16). The van der Waals surface area contributed by atoms with Crippen LogP contribution in [0.3, 0.4) is 0 Å². The van der Waals surface area contributed by atoms with Gasteiger partial charge in [-0.3, -0.25) is 4.79 Å². The summed E-state index contributed by atoms with van der Waals surface area (Å²) in [6, 6.07) is 0. The Balaban J connectivity index is 2.63. The molecule has 0 atom stereocenters. The second kappa shape index (κ2) is 6.33. The predicted octanol–water partition coefficient (Wildman–Crippen LogP) is 1.54. The van der Waals surface area contributed by atoms with E-state index in [1.807, 2.05) is 6.92 Å². The van der Waals surface area contributed by atoms with E-state index in [-0.39, 0.29) is 10.7 Å². The molecule has 8 heteroatoms. The van der Waals surface area contributed by atoms with E-state index in [2.05, 4.69) is 15.6 Å². The van der Waals surface area contributed by atoms with Gasteiger partial charge in [0.2, 0.25) is 0 Å². The molecular weight excluding hydrogens is 250 g/mol. The fourth-order valence-corrected chi connectivity index (χ4v) is 1.88. The second-order valence-corrected chi connectivity index (χ2v) is 4.26. The number of hydrogen-bond acceptors (Lipinski definition) is 5. The molecule has 1 aromatic heterocycles. The average Bonchev–Trinajstić information content (AvgIpc) is 2.64. The zero-order chi connectivity index (χ0) is 12.8. The molecule has 0 saturated heterocycles. The molecule has 1 rings (SSSR count). The number of amides is 1. The number of nitrogens with one attached hydrogen (secondary N) is 2. The average molecular weight is 264 g/mol. The Morgan fingerprint density at radius 2 is 2.29 bits per heavy atom. The van der Waals surface area contributed by atoms with E-state index in [1.54, 1.807) is 0 Å². The molecule has 0 fully saturated rings. The van der Waals surface area contributed by atoms with E-state index in [4.69, 9.17) is 5.73 Å². The fourth-order valence-electron chi connectivity index (χ4n) is 1.05. The number of nitrogens with two attached hydrogens (primary N) is 1. The summed E-state index contributed by atoms with van der Waals surface area (Å²) in [7, 11) is 0. The lowest BCUT2D eigenvalue weighted by atomic mass is 10.4. The molecule has 96 valence electrons. The van der Waals surface area contributed by atoms with Crippen LogP contribution in [0.1, 0.15) is 23.0 Å². The highest BCUT2D eigenvalue weighted by molar-refractivity contribution is 7.18. The van der Waals surface area contributed by atoms with Crippen molar-refractivity contribution in [3.05, 3.63) is 4.88 Å². The first kappa shape index (κ1) is 13.6. The number of rotatable bonds is 6. The number of nitrogens with zero attached hydrogens (tertiary/aromatic N) is 1. The lowest BCUT2D eigenvalue weighted by Gasteiger charge is -2.01. The fraction of sp³-hybridized carbons (Fsp3) is 0.556. The maximum atomic E-state index is 11.9. The molecule has 4 N–H and O–H groups in total. The van der Waals surface area contributed by atoms with Gasteiger partial charge >= 0.3 is 0 Å². The van der Waals surface area contributed by atoms with Crippen LogP contribution in [0.4, 0.5) is 19.7 Å². The van der Waals surface area contributed by atoms with Crippen molar-refractivity contribution in [2.24, 2.45) is 0 Å². The largest absolute Gasteiger partial charge is 0.382 e. The molecule has 0 aliphatic carbocycles. The molecule has 0 unspecified atom stereocenters. The minimum absolute atomic E-state index is 0.0559. The highest BCUT2D eigenvalue weighted by Crippen LogP contribution is 2.24.